The Morgan fingerprint density at radius 2 is 1.00 bits per heavy atom. The number of para-hydroxylation sites is 2. The molecule has 2 atom stereocenters. The number of aryl methyl sites for hydroxylation is 1. The van der Waals surface area contributed by atoms with Gasteiger partial charge >= 0.3 is 41.4 Å². The Labute approximate surface area is 583 Å². The minimum Gasteiger partial charge on any atom is -0.493 e. The third-order valence-corrected chi connectivity index (χ3v) is 14.6. The van der Waals surface area contributed by atoms with Gasteiger partial charge in [-0.25, -0.2) is 33.6 Å². The third kappa shape index (κ3) is 21.5. The van der Waals surface area contributed by atoms with Crippen LogP contribution >= 0.6 is 0 Å². The number of carbonyl (C=O) groups excluding carboxylic acids is 8. The van der Waals surface area contributed by atoms with E-state index in [4.69, 9.17) is 56.2 Å². The second kappa shape index (κ2) is 37.3. The van der Waals surface area contributed by atoms with Gasteiger partial charge in [0.1, 0.15) is 69.9 Å². The van der Waals surface area contributed by atoms with E-state index >= 15 is 0 Å². The van der Waals surface area contributed by atoms with Crippen molar-refractivity contribution in [1.82, 2.24) is 0 Å². The van der Waals surface area contributed by atoms with Gasteiger partial charge in [0.05, 0.1) is 43.1 Å². The zero-order valence-electron chi connectivity index (χ0n) is 54.8. The van der Waals surface area contributed by atoms with Crippen molar-refractivity contribution < 1.29 is 94.6 Å². The van der Waals surface area contributed by atoms with E-state index in [2.05, 4.69) is 39.5 Å². The Hall–Kier alpha value is -13.5. The van der Waals surface area contributed by atoms with Crippen molar-refractivity contribution in [2.45, 2.75) is 44.3 Å². The first kappa shape index (κ1) is 74.3. The predicted octanol–water partition coefficient (Wildman–Crippen LogP) is 13.6. The van der Waals surface area contributed by atoms with Gasteiger partial charge in [0.25, 0.3) is 0 Å². The van der Waals surface area contributed by atoms with Crippen LogP contribution in [0, 0.1) is 0 Å². The number of ketones is 2. The molecule has 6 heterocycles. The average molecular weight is 1380 g/mol. The van der Waals surface area contributed by atoms with E-state index in [0.717, 1.165) is 107 Å². The molecular weight excluding hydrogens is 1310 g/mol. The molecule has 0 bridgehead atoms. The second-order valence-electron chi connectivity index (χ2n) is 21.4. The Bertz CT molecular complexity index is 4820. The summed E-state index contributed by atoms with van der Waals surface area (Å²) in [7, 11) is 0. The van der Waals surface area contributed by atoms with Crippen LogP contribution in [0.4, 0.5) is 0 Å². The molecule has 518 valence electrons. The Morgan fingerprint density at radius 3 is 1.68 bits per heavy atom. The predicted molar refractivity (Wildman–Crippen MR) is 375 cm³/mol. The largest absolute Gasteiger partial charge is 0.493 e. The monoisotopic (exact) mass is 1380 g/mol. The van der Waals surface area contributed by atoms with Crippen LogP contribution in [0.25, 0.3) is 21.9 Å². The van der Waals surface area contributed by atoms with Gasteiger partial charge in [-0.05, 0) is 122 Å². The van der Waals surface area contributed by atoms with Crippen molar-refractivity contribution in [1.29, 1.82) is 0 Å². The average Bonchev–Trinajstić information content (AvgIpc) is 1.57. The van der Waals surface area contributed by atoms with Crippen LogP contribution in [0.5, 0.6) is 46.0 Å². The summed E-state index contributed by atoms with van der Waals surface area (Å²) in [5.74, 6) is 1.77. The summed E-state index contributed by atoms with van der Waals surface area (Å²) in [6.45, 7) is 21.5. The highest BCUT2D eigenvalue weighted by molar-refractivity contribution is 6.02. The summed E-state index contributed by atoms with van der Waals surface area (Å²) in [4.78, 5) is 111. The summed E-state index contributed by atoms with van der Waals surface area (Å²) >= 11 is 0. The lowest BCUT2D eigenvalue weighted by Crippen LogP contribution is -2.15. The number of esters is 6. The van der Waals surface area contributed by atoms with Crippen molar-refractivity contribution in [3.05, 3.63) is 312 Å². The van der Waals surface area contributed by atoms with Gasteiger partial charge in [0.2, 0.25) is 0 Å². The molecule has 7 aromatic carbocycles. The minimum atomic E-state index is -0.570. The fourth-order valence-electron chi connectivity index (χ4n) is 9.80. The molecule has 0 N–H and O–H groups in total. The number of rotatable bonds is 12. The lowest BCUT2D eigenvalue weighted by atomic mass is 10.0. The molecule has 0 saturated heterocycles. The fraction of sp³-hybridized carbons (Fsp3) is 0.125. The Balaban J connectivity index is 0.000000151. The van der Waals surface area contributed by atoms with Crippen molar-refractivity contribution in [3.8, 4) is 46.0 Å². The zero-order chi connectivity index (χ0) is 72.9. The number of carbonyl (C=O) groups is 8. The molecule has 2 aromatic heterocycles. The van der Waals surface area contributed by atoms with E-state index in [1.54, 1.807) is 85.1 Å². The highest BCUT2D eigenvalue weighted by Crippen LogP contribution is 2.36. The number of Topliss-reactive ketones (excluding diaryl/α,β-unsaturated/α-hetero) is 2. The van der Waals surface area contributed by atoms with Crippen molar-refractivity contribution in [3.63, 3.8) is 0 Å². The van der Waals surface area contributed by atoms with Gasteiger partial charge in [0.15, 0.2) is 23.1 Å². The summed E-state index contributed by atoms with van der Waals surface area (Å²) in [5, 5.41) is 1.32. The molecule has 14 rings (SSSR count). The van der Waals surface area contributed by atoms with Crippen LogP contribution in [0.3, 0.4) is 0 Å². The molecular formula is C80H66O22. The molecule has 22 nitrogen and oxygen atoms in total. The summed E-state index contributed by atoms with van der Waals surface area (Å²) in [6, 6.07) is 46.6. The number of hydrogen-bond donors (Lipinski definition) is 0. The van der Waals surface area contributed by atoms with Gasteiger partial charge < -0.3 is 56.2 Å². The van der Waals surface area contributed by atoms with E-state index in [-0.39, 0.29) is 40.9 Å². The van der Waals surface area contributed by atoms with E-state index in [9.17, 15) is 47.9 Å². The second-order valence-corrected chi connectivity index (χ2v) is 21.4. The number of fused-ring (bicyclic) bond motifs is 7. The molecule has 2 unspecified atom stereocenters. The van der Waals surface area contributed by atoms with Gasteiger partial charge in [-0.3, -0.25) is 14.4 Å². The fourth-order valence-corrected chi connectivity index (χ4v) is 9.80. The standard InChI is InChI=1S/C12H10O4.C12H8O4.C12H12O3.2C12H10O3.C11H10O3.C9H6O2/c2*1-2-12(14)16-8-3-4-11-9(7-8)10(13)5-6-15-11;2*1-2-12(13)15-10-5-6-11-9(8-10)4-3-7-14-11;1-2-12(14)15-11-7-10(13)8-5-3-4-6-9(8)11;1-2-11(12)14-10-7-13-9-6-4-3-5-8(9)10;10-9-6-5-7-3-1-2-4-8(7)11-9/h2-4,7H,1,5-6H2;2-7H,1H2;2,5-6,8H,1,3-4,7H2;2-3,5-8H,1,4H2;2-6,11H,1,7H2;2-6,10H,1,7H2;1-6H. The molecule has 0 radical (unpaired) electrons. The number of allylic oxidation sites excluding steroid dienone is 1. The summed E-state index contributed by atoms with van der Waals surface area (Å²) in [6.07, 6.45) is 14.1. The van der Waals surface area contributed by atoms with Gasteiger partial charge in [0, 0.05) is 82.6 Å². The van der Waals surface area contributed by atoms with Gasteiger partial charge in [-0.1, -0.05) is 100 Å². The molecule has 0 saturated carbocycles. The Kier molecular flexibility index (Phi) is 27.2. The lowest BCUT2D eigenvalue weighted by molar-refractivity contribution is -0.144. The molecule has 9 aromatic rings. The molecule has 5 aliphatic rings. The summed E-state index contributed by atoms with van der Waals surface area (Å²) in [5.41, 5.74) is 5.52. The molecule has 22 heteroatoms. The van der Waals surface area contributed by atoms with E-state index in [0.29, 0.717) is 70.3 Å². The van der Waals surface area contributed by atoms with E-state index in [1.165, 1.54) is 30.5 Å². The minimum absolute atomic E-state index is 0.00208. The molecule has 0 fully saturated rings. The van der Waals surface area contributed by atoms with Crippen molar-refractivity contribution in [2.75, 3.05) is 19.8 Å². The first-order chi connectivity index (χ1) is 49.4. The van der Waals surface area contributed by atoms with Crippen LogP contribution in [-0.4, -0.2) is 67.2 Å². The number of benzene rings is 7. The van der Waals surface area contributed by atoms with E-state index in [1.807, 2.05) is 66.7 Å². The van der Waals surface area contributed by atoms with Crippen molar-refractivity contribution >= 4 is 69.3 Å². The van der Waals surface area contributed by atoms with Crippen LogP contribution in [-0.2, 0) is 51.1 Å². The topological polar surface area (TPSA) is 289 Å². The molecule has 4 aliphatic heterocycles. The zero-order valence-corrected chi connectivity index (χ0v) is 54.8. The highest BCUT2D eigenvalue weighted by atomic mass is 16.6. The maximum absolute atomic E-state index is 11.6. The Morgan fingerprint density at radius 1 is 0.441 bits per heavy atom. The molecule has 102 heavy (non-hydrogen) atoms. The smallest absolute Gasteiger partial charge is 0.336 e. The summed E-state index contributed by atoms with van der Waals surface area (Å²) < 4.78 is 61.4. The first-order valence-electron chi connectivity index (χ1n) is 31.3. The van der Waals surface area contributed by atoms with Crippen LogP contribution in [0.2, 0.25) is 0 Å². The number of ether oxygens (including phenoxy) is 10. The van der Waals surface area contributed by atoms with Crippen LogP contribution in [0.15, 0.2) is 277 Å². The number of hydrogen-bond acceptors (Lipinski definition) is 22. The normalized spacial score (nSPS) is 13.8. The van der Waals surface area contributed by atoms with Gasteiger partial charge in [-0.15, -0.1) is 0 Å². The molecule has 1 aliphatic carbocycles. The molecule has 0 amide bonds. The maximum Gasteiger partial charge on any atom is 0.336 e. The molecule has 0 spiro atoms. The maximum atomic E-state index is 11.6. The van der Waals surface area contributed by atoms with Crippen molar-refractivity contribution in [2.24, 2.45) is 0 Å². The third-order valence-electron chi connectivity index (χ3n) is 14.6. The highest BCUT2D eigenvalue weighted by Gasteiger charge is 2.31. The quantitative estimate of drug-likeness (QED) is 0.0475. The lowest BCUT2D eigenvalue weighted by Gasteiger charge is -2.17. The van der Waals surface area contributed by atoms with Gasteiger partial charge in [-0.2, -0.15) is 0 Å². The van der Waals surface area contributed by atoms with Crippen LogP contribution < -0.4 is 48.9 Å². The first-order valence-corrected chi connectivity index (χ1v) is 31.3. The van der Waals surface area contributed by atoms with E-state index < -0.39 is 41.9 Å². The SMILES string of the molecule is C=CC(=O)OC1CC(=O)c2ccccc21.C=CC(=O)OC1COc2ccccc21.C=CC(=O)Oc1ccc2c(c1)C(=O)CCO2.C=CC(=O)Oc1ccc2c(c1)CC=CO2.C=CC(=O)Oc1ccc2c(c1)CCCO2.C=CC(=O)Oc1ccc2occc(=O)c2c1.O=c1ccc2ccccc2o1. The van der Waals surface area contributed by atoms with Crippen LogP contribution in [0.1, 0.15) is 74.4 Å².